The van der Waals surface area contributed by atoms with Gasteiger partial charge in [0, 0.05) is 5.70 Å². The molecule has 0 aromatic heterocycles. The first-order valence-electron chi connectivity index (χ1n) is 7.83. The van der Waals surface area contributed by atoms with Crippen molar-refractivity contribution in [3.8, 4) is 5.75 Å². The zero-order valence-corrected chi connectivity index (χ0v) is 13.7. The van der Waals surface area contributed by atoms with E-state index in [9.17, 15) is 14.7 Å². The molecular formula is C19H18N2O4. The van der Waals surface area contributed by atoms with Crippen LogP contribution in [-0.2, 0) is 16.1 Å². The average molecular weight is 338 g/mol. The molecule has 6 heteroatoms. The highest BCUT2D eigenvalue weighted by molar-refractivity contribution is 5.95. The van der Waals surface area contributed by atoms with Gasteiger partial charge in [0.2, 0.25) is 0 Å². The molecule has 0 aliphatic carbocycles. The van der Waals surface area contributed by atoms with Gasteiger partial charge >= 0.3 is 12.0 Å². The maximum absolute atomic E-state index is 12.6. The Morgan fingerprint density at radius 2 is 1.92 bits per heavy atom. The van der Waals surface area contributed by atoms with Crippen molar-refractivity contribution in [2.24, 2.45) is 0 Å². The van der Waals surface area contributed by atoms with Crippen LogP contribution >= 0.6 is 0 Å². The number of ether oxygens (including phenoxy) is 1. The van der Waals surface area contributed by atoms with Crippen molar-refractivity contribution in [1.29, 1.82) is 0 Å². The second-order valence-corrected chi connectivity index (χ2v) is 5.73. The summed E-state index contributed by atoms with van der Waals surface area (Å²) >= 11 is 0. The Labute approximate surface area is 145 Å². The molecule has 25 heavy (non-hydrogen) atoms. The Morgan fingerprint density at radius 1 is 1.16 bits per heavy atom. The number of urea groups is 1. The van der Waals surface area contributed by atoms with E-state index >= 15 is 0 Å². The van der Waals surface area contributed by atoms with Crippen LogP contribution in [0.2, 0.25) is 0 Å². The number of phenolic OH excluding ortho intramolecular Hbond substituents is 1. The van der Waals surface area contributed by atoms with Crippen LogP contribution in [0.1, 0.15) is 24.1 Å². The zero-order chi connectivity index (χ0) is 17.8. The lowest BCUT2D eigenvalue weighted by Crippen LogP contribution is -2.45. The Bertz CT molecular complexity index is 830. The van der Waals surface area contributed by atoms with E-state index in [0.717, 1.165) is 5.56 Å². The van der Waals surface area contributed by atoms with Crippen LogP contribution in [0.25, 0.3) is 0 Å². The molecule has 1 aliphatic rings. The van der Waals surface area contributed by atoms with Crippen molar-refractivity contribution >= 4 is 12.0 Å². The number of benzene rings is 2. The van der Waals surface area contributed by atoms with Crippen molar-refractivity contribution in [2.75, 3.05) is 0 Å². The number of rotatable bonds is 4. The van der Waals surface area contributed by atoms with Crippen LogP contribution in [0.4, 0.5) is 4.79 Å². The van der Waals surface area contributed by atoms with Gasteiger partial charge in [-0.3, -0.25) is 0 Å². The van der Waals surface area contributed by atoms with E-state index < -0.39 is 18.0 Å². The Balaban J connectivity index is 1.85. The lowest BCUT2D eigenvalue weighted by atomic mass is 9.95. The molecule has 0 saturated carbocycles. The predicted molar refractivity (Wildman–Crippen MR) is 91.5 cm³/mol. The summed E-state index contributed by atoms with van der Waals surface area (Å²) in [6.45, 7) is 1.78. The van der Waals surface area contributed by atoms with E-state index in [1.807, 2.05) is 30.3 Å². The normalized spacial score (nSPS) is 16.8. The largest absolute Gasteiger partial charge is 0.508 e. The van der Waals surface area contributed by atoms with E-state index in [-0.39, 0.29) is 12.4 Å². The van der Waals surface area contributed by atoms with Gasteiger partial charge in [-0.05, 0) is 30.2 Å². The van der Waals surface area contributed by atoms with E-state index in [0.29, 0.717) is 16.8 Å². The number of nitrogens with one attached hydrogen (secondary N) is 2. The minimum atomic E-state index is -0.691. The summed E-state index contributed by atoms with van der Waals surface area (Å²) in [7, 11) is 0. The lowest BCUT2D eigenvalue weighted by molar-refractivity contribution is -0.140. The van der Waals surface area contributed by atoms with E-state index in [4.69, 9.17) is 4.74 Å². The van der Waals surface area contributed by atoms with Gasteiger partial charge in [-0.2, -0.15) is 0 Å². The van der Waals surface area contributed by atoms with Gasteiger partial charge in [-0.15, -0.1) is 0 Å². The number of carbonyl (C=O) groups excluding carboxylic acids is 2. The van der Waals surface area contributed by atoms with Gasteiger partial charge in [0.15, 0.2) is 0 Å². The first-order valence-corrected chi connectivity index (χ1v) is 7.83. The Kier molecular flexibility index (Phi) is 4.70. The number of phenols is 1. The summed E-state index contributed by atoms with van der Waals surface area (Å²) in [5.41, 5.74) is 2.20. The van der Waals surface area contributed by atoms with Gasteiger partial charge in [0.05, 0.1) is 11.6 Å². The highest BCUT2D eigenvalue weighted by Gasteiger charge is 2.32. The number of esters is 1. The molecule has 6 nitrogen and oxygen atoms in total. The van der Waals surface area contributed by atoms with Crippen LogP contribution in [0.15, 0.2) is 65.9 Å². The molecule has 128 valence electrons. The monoisotopic (exact) mass is 338 g/mol. The number of hydrogen-bond acceptors (Lipinski definition) is 4. The van der Waals surface area contributed by atoms with Gasteiger partial charge in [0.1, 0.15) is 12.4 Å². The maximum Gasteiger partial charge on any atom is 0.338 e. The van der Waals surface area contributed by atoms with Crippen molar-refractivity contribution in [3.05, 3.63) is 77.0 Å². The van der Waals surface area contributed by atoms with Crippen LogP contribution in [0.5, 0.6) is 5.75 Å². The van der Waals surface area contributed by atoms with Crippen molar-refractivity contribution in [3.63, 3.8) is 0 Å². The van der Waals surface area contributed by atoms with Gasteiger partial charge in [-0.25, -0.2) is 9.59 Å². The van der Waals surface area contributed by atoms with Crippen LogP contribution in [0, 0.1) is 0 Å². The van der Waals surface area contributed by atoms with Crippen molar-refractivity contribution in [1.82, 2.24) is 10.6 Å². The topological polar surface area (TPSA) is 87.7 Å². The summed E-state index contributed by atoms with van der Waals surface area (Å²) in [4.78, 5) is 24.4. The molecule has 1 unspecified atom stereocenters. The SMILES string of the molecule is CC1=C(C(=O)OCc2ccccc2)C(c2cccc(O)c2)NC(=O)N1. The average Bonchev–Trinajstić information content (AvgIpc) is 2.60. The van der Waals surface area contributed by atoms with Gasteiger partial charge < -0.3 is 20.5 Å². The summed E-state index contributed by atoms with van der Waals surface area (Å²) < 4.78 is 5.40. The molecule has 0 radical (unpaired) electrons. The molecule has 2 aromatic rings. The standard InChI is InChI=1S/C19H18N2O4/c1-12-16(18(23)25-11-13-6-3-2-4-7-13)17(21-19(24)20-12)14-8-5-9-15(22)10-14/h2-10,17,22H,11H2,1H3,(H2,20,21,24). The van der Waals surface area contributed by atoms with Crippen molar-refractivity contribution < 1.29 is 19.4 Å². The highest BCUT2D eigenvalue weighted by atomic mass is 16.5. The number of aromatic hydroxyl groups is 1. The molecule has 3 N–H and O–H groups in total. The highest BCUT2D eigenvalue weighted by Crippen LogP contribution is 2.29. The van der Waals surface area contributed by atoms with Gasteiger partial charge in [-0.1, -0.05) is 42.5 Å². The first-order chi connectivity index (χ1) is 12.0. The molecule has 2 aromatic carbocycles. The molecular weight excluding hydrogens is 320 g/mol. The predicted octanol–water partition coefficient (Wildman–Crippen LogP) is 2.76. The number of carbonyl (C=O) groups is 2. The number of amides is 2. The molecule has 0 spiro atoms. The fraction of sp³-hybridized carbons (Fsp3) is 0.158. The van der Waals surface area contributed by atoms with Gasteiger partial charge in [0.25, 0.3) is 0 Å². The molecule has 0 fully saturated rings. The minimum absolute atomic E-state index is 0.0555. The summed E-state index contributed by atoms with van der Waals surface area (Å²) in [6, 6.07) is 14.7. The second-order valence-electron chi connectivity index (χ2n) is 5.73. The van der Waals surface area contributed by atoms with Crippen LogP contribution in [0.3, 0.4) is 0 Å². The lowest BCUT2D eigenvalue weighted by Gasteiger charge is -2.28. The molecule has 1 heterocycles. The molecule has 0 bridgehead atoms. The zero-order valence-electron chi connectivity index (χ0n) is 13.7. The van der Waals surface area contributed by atoms with Crippen LogP contribution in [-0.4, -0.2) is 17.1 Å². The third kappa shape index (κ3) is 3.80. The third-order valence-corrected chi connectivity index (χ3v) is 3.91. The molecule has 2 amide bonds. The second kappa shape index (κ2) is 7.09. The molecule has 1 aliphatic heterocycles. The Morgan fingerprint density at radius 3 is 2.64 bits per heavy atom. The number of allylic oxidation sites excluding steroid dienone is 1. The third-order valence-electron chi connectivity index (χ3n) is 3.91. The quantitative estimate of drug-likeness (QED) is 0.748. The maximum atomic E-state index is 12.6. The Hall–Kier alpha value is -3.28. The fourth-order valence-electron chi connectivity index (χ4n) is 2.72. The summed E-state index contributed by atoms with van der Waals surface area (Å²) in [6.07, 6.45) is 0. The summed E-state index contributed by atoms with van der Waals surface area (Å²) in [5, 5.41) is 15.0. The molecule has 3 rings (SSSR count). The summed E-state index contributed by atoms with van der Waals surface area (Å²) in [5.74, 6) is -0.470. The van der Waals surface area contributed by atoms with E-state index in [1.165, 1.54) is 12.1 Å². The van der Waals surface area contributed by atoms with Crippen molar-refractivity contribution in [2.45, 2.75) is 19.6 Å². The molecule has 1 atom stereocenters. The first kappa shape index (κ1) is 16.6. The fourth-order valence-corrected chi connectivity index (χ4v) is 2.72. The number of hydrogen-bond donors (Lipinski definition) is 3. The molecule has 0 saturated heterocycles. The smallest absolute Gasteiger partial charge is 0.338 e. The minimum Gasteiger partial charge on any atom is -0.508 e. The van der Waals surface area contributed by atoms with E-state index in [2.05, 4.69) is 10.6 Å². The van der Waals surface area contributed by atoms with Crippen LogP contribution < -0.4 is 10.6 Å². The van der Waals surface area contributed by atoms with E-state index in [1.54, 1.807) is 19.1 Å².